The fraction of sp³-hybridized carbons (Fsp3) is 0.200. The maximum atomic E-state index is 12.3. The lowest BCUT2D eigenvalue weighted by atomic mass is 10.1. The highest BCUT2D eigenvalue weighted by Gasteiger charge is 2.23. The van der Waals surface area contributed by atoms with E-state index < -0.39 is 10.8 Å². The third kappa shape index (κ3) is 3.22. The Kier molecular flexibility index (Phi) is 4.27. The van der Waals surface area contributed by atoms with Gasteiger partial charge in [-0.3, -0.25) is 19.9 Å². The van der Waals surface area contributed by atoms with E-state index in [2.05, 4.69) is 10.3 Å². The molecule has 1 aromatic carbocycles. The number of benzene rings is 1. The number of rotatable bonds is 4. The van der Waals surface area contributed by atoms with Crippen molar-refractivity contribution in [2.24, 2.45) is 0 Å². The molecule has 1 N–H and O–H groups in total. The number of aryl methyl sites for hydroxylation is 1. The summed E-state index contributed by atoms with van der Waals surface area (Å²) in [5, 5.41) is 13.9. The van der Waals surface area contributed by atoms with E-state index in [1.807, 2.05) is 6.07 Å². The van der Waals surface area contributed by atoms with Crippen molar-refractivity contribution in [1.82, 2.24) is 10.3 Å². The average molecular weight is 285 g/mol. The van der Waals surface area contributed by atoms with E-state index >= 15 is 0 Å². The highest BCUT2D eigenvalue weighted by atomic mass is 16.6. The second-order valence-electron chi connectivity index (χ2n) is 4.71. The number of nitrogens with one attached hydrogen (secondary N) is 1. The lowest BCUT2D eigenvalue weighted by Gasteiger charge is -2.14. The van der Waals surface area contributed by atoms with Gasteiger partial charge in [0.1, 0.15) is 5.56 Å². The molecule has 1 amide bonds. The van der Waals surface area contributed by atoms with E-state index in [-0.39, 0.29) is 17.3 Å². The van der Waals surface area contributed by atoms with Gasteiger partial charge in [-0.15, -0.1) is 0 Å². The third-order valence-corrected chi connectivity index (χ3v) is 3.20. The average Bonchev–Trinajstić information content (AvgIpc) is 2.47. The van der Waals surface area contributed by atoms with Gasteiger partial charge in [0.2, 0.25) is 0 Å². The monoisotopic (exact) mass is 285 g/mol. The molecule has 0 saturated carbocycles. The van der Waals surface area contributed by atoms with Crippen molar-refractivity contribution in [2.75, 3.05) is 0 Å². The van der Waals surface area contributed by atoms with Crippen LogP contribution < -0.4 is 5.32 Å². The molecule has 2 rings (SSSR count). The first-order chi connectivity index (χ1) is 10.0. The Bertz CT molecular complexity index is 671. The molecule has 0 spiro atoms. The van der Waals surface area contributed by atoms with E-state index in [0.29, 0.717) is 5.56 Å². The normalized spacial score (nSPS) is 11.7. The first-order valence-corrected chi connectivity index (χ1v) is 6.45. The molecule has 0 saturated heterocycles. The minimum atomic E-state index is -0.529. The molecule has 6 nitrogen and oxygen atoms in total. The summed E-state index contributed by atoms with van der Waals surface area (Å²) in [6, 6.07) is 8.02. The van der Waals surface area contributed by atoms with Gasteiger partial charge in [0, 0.05) is 18.0 Å². The summed E-state index contributed by atoms with van der Waals surface area (Å²) < 4.78 is 0. The van der Waals surface area contributed by atoms with Crippen molar-refractivity contribution in [3.05, 3.63) is 69.5 Å². The minimum absolute atomic E-state index is 0.0655. The van der Waals surface area contributed by atoms with Crippen molar-refractivity contribution in [1.29, 1.82) is 0 Å². The highest BCUT2D eigenvalue weighted by Crippen LogP contribution is 2.23. The fourth-order valence-corrected chi connectivity index (χ4v) is 2.07. The van der Waals surface area contributed by atoms with Gasteiger partial charge in [-0.2, -0.15) is 0 Å². The lowest BCUT2D eigenvalue weighted by Crippen LogP contribution is -2.27. The van der Waals surface area contributed by atoms with Crippen molar-refractivity contribution in [3.8, 4) is 0 Å². The van der Waals surface area contributed by atoms with Crippen LogP contribution in [0, 0.1) is 17.0 Å². The van der Waals surface area contributed by atoms with Crippen LogP contribution in [-0.2, 0) is 0 Å². The number of amides is 1. The Labute approximate surface area is 122 Å². The van der Waals surface area contributed by atoms with Crippen LogP contribution in [0.1, 0.15) is 34.5 Å². The minimum Gasteiger partial charge on any atom is -0.345 e. The van der Waals surface area contributed by atoms with Crippen LogP contribution in [0.3, 0.4) is 0 Å². The molecule has 0 radical (unpaired) electrons. The summed E-state index contributed by atoms with van der Waals surface area (Å²) in [6.45, 7) is 3.41. The Morgan fingerprint density at radius 3 is 2.71 bits per heavy atom. The van der Waals surface area contributed by atoms with Gasteiger partial charge in [0.15, 0.2) is 0 Å². The maximum absolute atomic E-state index is 12.3. The second kappa shape index (κ2) is 6.13. The van der Waals surface area contributed by atoms with Crippen LogP contribution in [0.15, 0.2) is 42.7 Å². The van der Waals surface area contributed by atoms with Gasteiger partial charge in [-0.25, -0.2) is 0 Å². The number of nitro benzene ring substituents is 1. The standard InChI is InChI=1S/C15H15N3O3/c1-10-5-3-7-13(14(10)18(20)21)15(19)17-11(2)12-6-4-8-16-9-12/h3-9,11H,1-2H3,(H,17,19). The summed E-state index contributed by atoms with van der Waals surface area (Å²) >= 11 is 0. The zero-order valence-corrected chi connectivity index (χ0v) is 11.7. The molecule has 1 aromatic heterocycles. The molecule has 0 aliphatic heterocycles. The Hall–Kier alpha value is -2.76. The molecule has 0 bridgehead atoms. The van der Waals surface area contributed by atoms with Gasteiger partial charge >= 0.3 is 0 Å². The quantitative estimate of drug-likeness (QED) is 0.691. The topological polar surface area (TPSA) is 85.1 Å². The number of hydrogen-bond acceptors (Lipinski definition) is 4. The SMILES string of the molecule is Cc1cccc(C(=O)NC(C)c2cccnc2)c1[N+](=O)[O-]. The van der Waals surface area contributed by atoms with Gasteiger partial charge in [-0.1, -0.05) is 18.2 Å². The number of nitrogens with zero attached hydrogens (tertiary/aromatic N) is 2. The summed E-state index contributed by atoms with van der Waals surface area (Å²) in [5.41, 5.74) is 1.20. The fourth-order valence-electron chi connectivity index (χ4n) is 2.07. The van der Waals surface area contributed by atoms with Gasteiger partial charge < -0.3 is 5.32 Å². The van der Waals surface area contributed by atoms with Crippen LogP contribution >= 0.6 is 0 Å². The van der Waals surface area contributed by atoms with Gasteiger partial charge in [-0.05, 0) is 31.5 Å². The van der Waals surface area contributed by atoms with Gasteiger partial charge in [0.05, 0.1) is 11.0 Å². The molecule has 0 aliphatic rings. The number of hydrogen-bond donors (Lipinski definition) is 1. The molecule has 1 unspecified atom stereocenters. The van der Waals surface area contributed by atoms with E-state index in [9.17, 15) is 14.9 Å². The molecule has 1 heterocycles. The van der Waals surface area contributed by atoms with Crippen LogP contribution in [-0.4, -0.2) is 15.8 Å². The van der Waals surface area contributed by atoms with Crippen LogP contribution in [0.2, 0.25) is 0 Å². The van der Waals surface area contributed by atoms with Crippen LogP contribution in [0.5, 0.6) is 0 Å². The van der Waals surface area contributed by atoms with E-state index in [1.54, 1.807) is 44.4 Å². The zero-order valence-electron chi connectivity index (χ0n) is 11.7. The molecular weight excluding hydrogens is 270 g/mol. The second-order valence-corrected chi connectivity index (χ2v) is 4.71. The van der Waals surface area contributed by atoms with E-state index in [1.165, 1.54) is 6.07 Å². The Morgan fingerprint density at radius 1 is 1.33 bits per heavy atom. The van der Waals surface area contributed by atoms with Crippen molar-refractivity contribution >= 4 is 11.6 Å². The summed E-state index contributed by atoms with van der Waals surface area (Å²) in [5.74, 6) is -0.471. The van der Waals surface area contributed by atoms with Crippen LogP contribution in [0.4, 0.5) is 5.69 Å². The maximum Gasteiger partial charge on any atom is 0.285 e. The predicted molar refractivity (Wildman–Crippen MR) is 78.0 cm³/mol. The highest BCUT2D eigenvalue weighted by molar-refractivity contribution is 5.98. The molecule has 0 fully saturated rings. The molecule has 108 valence electrons. The van der Waals surface area contributed by atoms with Crippen molar-refractivity contribution in [2.45, 2.75) is 19.9 Å². The Morgan fingerprint density at radius 2 is 2.10 bits per heavy atom. The van der Waals surface area contributed by atoms with Crippen molar-refractivity contribution in [3.63, 3.8) is 0 Å². The lowest BCUT2D eigenvalue weighted by molar-refractivity contribution is -0.385. The summed E-state index contributed by atoms with van der Waals surface area (Å²) in [4.78, 5) is 26.8. The van der Waals surface area contributed by atoms with Crippen molar-refractivity contribution < 1.29 is 9.72 Å². The zero-order chi connectivity index (χ0) is 15.4. The smallest absolute Gasteiger partial charge is 0.285 e. The molecule has 21 heavy (non-hydrogen) atoms. The number of nitro groups is 1. The first kappa shape index (κ1) is 14.6. The molecule has 2 aromatic rings. The molecule has 0 aliphatic carbocycles. The van der Waals surface area contributed by atoms with E-state index in [4.69, 9.17) is 0 Å². The Balaban J connectivity index is 2.26. The number of carbonyl (C=O) groups is 1. The molecular formula is C15H15N3O3. The largest absolute Gasteiger partial charge is 0.345 e. The predicted octanol–water partition coefficient (Wildman–Crippen LogP) is 2.79. The van der Waals surface area contributed by atoms with Gasteiger partial charge in [0.25, 0.3) is 11.6 Å². The number of para-hydroxylation sites is 1. The molecule has 1 atom stereocenters. The number of aromatic nitrogens is 1. The third-order valence-electron chi connectivity index (χ3n) is 3.20. The summed E-state index contributed by atoms with van der Waals surface area (Å²) in [7, 11) is 0. The van der Waals surface area contributed by atoms with E-state index in [0.717, 1.165) is 5.56 Å². The number of carbonyl (C=O) groups excluding carboxylic acids is 1. The first-order valence-electron chi connectivity index (χ1n) is 6.45. The molecule has 6 heteroatoms. The summed E-state index contributed by atoms with van der Waals surface area (Å²) in [6.07, 6.45) is 3.29. The number of pyridine rings is 1. The van der Waals surface area contributed by atoms with Crippen LogP contribution in [0.25, 0.3) is 0 Å².